The van der Waals surface area contributed by atoms with Crippen LogP contribution in [0.15, 0.2) is 42.6 Å². The van der Waals surface area contributed by atoms with Crippen molar-refractivity contribution < 1.29 is 31.9 Å². The number of ether oxygens (including phenoxy) is 4. The molecule has 186 valence electrons. The van der Waals surface area contributed by atoms with Crippen LogP contribution in [0.4, 0.5) is 0 Å². The van der Waals surface area contributed by atoms with Crippen molar-refractivity contribution in [2.24, 2.45) is 5.14 Å². The zero-order chi connectivity index (χ0) is 25.1. The molecule has 0 bridgehead atoms. The normalized spacial score (nSPS) is 10.9. The van der Waals surface area contributed by atoms with Crippen molar-refractivity contribution in [3.63, 3.8) is 0 Å². The third-order valence-corrected chi connectivity index (χ3v) is 4.49. The Bertz CT molecular complexity index is 1180. The number of aromatic nitrogens is 1. The summed E-state index contributed by atoms with van der Waals surface area (Å²) in [7, 11) is -4.17. The lowest BCUT2D eigenvalue weighted by Crippen LogP contribution is -2.08. The molecule has 0 spiro atoms. The first kappa shape index (κ1) is 27.2. The van der Waals surface area contributed by atoms with Crippen LogP contribution in [0.5, 0.6) is 23.0 Å². The molecule has 0 fully saturated rings. The van der Waals surface area contributed by atoms with E-state index in [9.17, 15) is 0 Å². The molecule has 0 saturated carbocycles. The fraction of sp³-hybridized carbons (Fsp3) is 0.375. The summed E-state index contributed by atoms with van der Waals surface area (Å²) in [5, 5.41) is 6.02. The highest BCUT2D eigenvalue weighted by Gasteiger charge is 2.13. The Kier molecular flexibility index (Phi) is 10.4. The number of pyridine rings is 1. The van der Waals surface area contributed by atoms with Gasteiger partial charge >= 0.3 is 10.3 Å². The molecule has 2 aromatic carbocycles. The average molecular weight is 493 g/mol. The largest absolute Gasteiger partial charge is 0.490 e. The van der Waals surface area contributed by atoms with E-state index in [1.54, 1.807) is 0 Å². The summed E-state index contributed by atoms with van der Waals surface area (Å²) in [5.74, 6) is 3.04. The molecule has 3 N–H and O–H groups in total. The minimum Gasteiger partial charge on any atom is -0.490 e. The molecule has 0 saturated heterocycles. The molecule has 3 rings (SSSR count). The fourth-order valence-corrected chi connectivity index (χ4v) is 3.32. The van der Waals surface area contributed by atoms with E-state index in [-0.39, 0.29) is 0 Å². The first-order chi connectivity index (χ1) is 16.2. The first-order valence-electron chi connectivity index (χ1n) is 11.0. The number of nitrogens with two attached hydrogens (primary N) is 1. The quantitative estimate of drug-likeness (QED) is 0.403. The minimum atomic E-state index is -4.17. The molecule has 1 heterocycles. The summed E-state index contributed by atoms with van der Waals surface area (Å²) in [6, 6.07) is 12.1. The van der Waals surface area contributed by atoms with Gasteiger partial charge in [-0.25, -0.2) is 5.14 Å². The summed E-state index contributed by atoms with van der Waals surface area (Å²) in [5.41, 5.74) is 2.10. The molecule has 0 amide bonds. The zero-order valence-electron chi connectivity index (χ0n) is 19.9. The van der Waals surface area contributed by atoms with Gasteiger partial charge in [-0.1, -0.05) is 6.07 Å². The standard InChI is InChI=1S/C24H29NO4.H3NO3S/c1-5-26-21-10-9-17(14-22(21)27-6-2)13-20-19-16-24(29-8-4)23(28-7-3)15-18(19)11-12-25-20;1-5(2,3)4/h9-12,14-16H,5-8,13H2,1-4H3;(H3,1,2,3,4). The van der Waals surface area contributed by atoms with Crippen molar-refractivity contribution in [2.75, 3.05) is 26.4 Å². The molecule has 0 radical (unpaired) electrons. The number of hydrogen-bond donors (Lipinski definition) is 2. The first-order valence-corrected chi connectivity index (χ1v) is 12.5. The SMILES string of the molecule is CCOc1ccc(Cc2nccc3cc(OCC)c(OCC)cc23)cc1OCC.NS(=O)(=O)O. The van der Waals surface area contributed by atoms with Gasteiger partial charge < -0.3 is 18.9 Å². The lowest BCUT2D eigenvalue weighted by molar-refractivity contribution is 0.287. The molecule has 1 aromatic heterocycles. The second-order valence-electron chi connectivity index (χ2n) is 6.98. The van der Waals surface area contributed by atoms with Gasteiger partial charge in [0.05, 0.1) is 32.1 Å². The molecular formula is C24H32N2O7S. The van der Waals surface area contributed by atoms with Crippen LogP contribution >= 0.6 is 0 Å². The maximum absolute atomic E-state index is 8.97. The minimum absolute atomic E-state index is 0.581. The second-order valence-corrected chi connectivity index (χ2v) is 8.01. The molecule has 0 aliphatic heterocycles. The van der Waals surface area contributed by atoms with Crippen molar-refractivity contribution in [1.82, 2.24) is 4.98 Å². The van der Waals surface area contributed by atoms with Crippen molar-refractivity contribution >= 4 is 21.1 Å². The van der Waals surface area contributed by atoms with Gasteiger partial charge in [0.15, 0.2) is 23.0 Å². The Labute approximate surface area is 200 Å². The maximum Gasteiger partial charge on any atom is 0.330 e. The summed E-state index contributed by atoms with van der Waals surface area (Å²) >= 11 is 0. The molecule has 9 nitrogen and oxygen atoms in total. The van der Waals surface area contributed by atoms with Crippen LogP contribution in [-0.2, 0) is 16.7 Å². The summed E-state index contributed by atoms with van der Waals surface area (Å²) in [6.07, 6.45) is 2.52. The predicted molar refractivity (Wildman–Crippen MR) is 131 cm³/mol. The van der Waals surface area contributed by atoms with Gasteiger partial charge in [-0.15, -0.1) is 0 Å². The lowest BCUT2D eigenvalue weighted by Gasteiger charge is -2.15. The van der Waals surface area contributed by atoms with E-state index in [4.69, 9.17) is 31.9 Å². The van der Waals surface area contributed by atoms with Gasteiger partial charge in [0.1, 0.15) is 0 Å². The van der Waals surface area contributed by atoms with Gasteiger partial charge in [0, 0.05) is 18.0 Å². The van der Waals surface area contributed by atoms with E-state index in [2.05, 4.69) is 16.2 Å². The van der Waals surface area contributed by atoms with Crippen LogP contribution in [-0.4, -0.2) is 44.4 Å². The van der Waals surface area contributed by atoms with Crippen molar-refractivity contribution in [2.45, 2.75) is 34.1 Å². The van der Waals surface area contributed by atoms with Gasteiger partial charge in [0.2, 0.25) is 0 Å². The molecule has 10 heteroatoms. The van der Waals surface area contributed by atoms with E-state index in [0.29, 0.717) is 32.8 Å². The van der Waals surface area contributed by atoms with Crippen molar-refractivity contribution in [3.05, 3.63) is 53.9 Å². The Hall–Kier alpha value is -3.08. The third-order valence-electron chi connectivity index (χ3n) is 4.49. The number of rotatable bonds is 10. The highest BCUT2D eigenvalue weighted by atomic mass is 32.2. The molecule has 0 aliphatic rings. The van der Waals surface area contributed by atoms with Crippen LogP contribution in [0.3, 0.4) is 0 Å². The van der Waals surface area contributed by atoms with Crippen LogP contribution in [0.1, 0.15) is 39.0 Å². The van der Waals surface area contributed by atoms with Crippen molar-refractivity contribution in [3.8, 4) is 23.0 Å². The van der Waals surface area contributed by atoms with Crippen molar-refractivity contribution in [1.29, 1.82) is 0 Å². The van der Waals surface area contributed by atoms with E-state index in [0.717, 1.165) is 45.0 Å². The highest BCUT2D eigenvalue weighted by Crippen LogP contribution is 2.35. The average Bonchev–Trinajstić information content (AvgIpc) is 2.76. The Morgan fingerprint density at radius 1 is 0.794 bits per heavy atom. The number of hydrogen-bond acceptors (Lipinski definition) is 7. The molecule has 3 aromatic rings. The third kappa shape index (κ3) is 8.36. The predicted octanol–water partition coefficient (Wildman–Crippen LogP) is 4.17. The van der Waals surface area contributed by atoms with E-state index in [1.165, 1.54) is 0 Å². The van der Waals surface area contributed by atoms with Gasteiger partial charge in [-0.3, -0.25) is 9.54 Å². The second kappa shape index (κ2) is 13.0. The zero-order valence-corrected chi connectivity index (χ0v) is 20.7. The van der Waals surface area contributed by atoms with E-state index >= 15 is 0 Å². The monoisotopic (exact) mass is 492 g/mol. The van der Waals surface area contributed by atoms with Crippen LogP contribution < -0.4 is 24.1 Å². The Morgan fingerprint density at radius 3 is 1.85 bits per heavy atom. The van der Waals surface area contributed by atoms with Crippen LogP contribution in [0.25, 0.3) is 10.8 Å². The van der Waals surface area contributed by atoms with Crippen LogP contribution in [0, 0.1) is 0 Å². The number of benzene rings is 2. The summed E-state index contributed by atoms with van der Waals surface area (Å²) < 4.78 is 48.2. The molecule has 0 aliphatic carbocycles. The van der Waals surface area contributed by atoms with Gasteiger partial charge in [-0.2, -0.15) is 8.42 Å². The molecule has 34 heavy (non-hydrogen) atoms. The van der Waals surface area contributed by atoms with E-state index < -0.39 is 10.3 Å². The smallest absolute Gasteiger partial charge is 0.330 e. The van der Waals surface area contributed by atoms with Gasteiger partial charge in [0.25, 0.3) is 0 Å². The Morgan fingerprint density at radius 2 is 1.29 bits per heavy atom. The number of nitrogens with zero attached hydrogens (tertiary/aromatic N) is 1. The molecular weight excluding hydrogens is 460 g/mol. The van der Waals surface area contributed by atoms with Crippen LogP contribution in [0.2, 0.25) is 0 Å². The molecule has 0 unspecified atom stereocenters. The van der Waals surface area contributed by atoms with E-state index in [1.807, 2.05) is 64.2 Å². The summed E-state index contributed by atoms with van der Waals surface area (Å²) in [6.45, 7) is 10.3. The lowest BCUT2D eigenvalue weighted by atomic mass is 10.0. The Balaban J connectivity index is 0.000000739. The summed E-state index contributed by atoms with van der Waals surface area (Å²) in [4.78, 5) is 4.65. The van der Waals surface area contributed by atoms with Gasteiger partial charge in [-0.05, 0) is 69.0 Å². The fourth-order valence-electron chi connectivity index (χ4n) is 3.32. The number of fused-ring (bicyclic) bond motifs is 1. The topological polar surface area (TPSA) is 130 Å². The highest BCUT2D eigenvalue weighted by molar-refractivity contribution is 7.83. The maximum atomic E-state index is 8.97. The molecule has 0 atom stereocenters.